The van der Waals surface area contributed by atoms with E-state index in [0.29, 0.717) is 29.1 Å². The summed E-state index contributed by atoms with van der Waals surface area (Å²) in [6, 6.07) is 5.15. The maximum absolute atomic E-state index is 10.9. The van der Waals surface area contributed by atoms with Crippen LogP contribution in [0.4, 0.5) is 5.69 Å². The Morgan fingerprint density at radius 3 is 2.61 bits per heavy atom. The van der Waals surface area contributed by atoms with E-state index in [2.05, 4.69) is 26.1 Å². The first-order valence-corrected chi connectivity index (χ1v) is 6.49. The number of nitro benzene ring substituents is 1. The zero-order valence-electron chi connectivity index (χ0n) is 10.9. The highest BCUT2D eigenvalue weighted by Crippen LogP contribution is 2.23. The molecule has 0 saturated heterocycles. The van der Waals surface area contributed by atoms with Crippen LogP contribution >= 0.6 is 11.6 Å². The molecule has 0 saturated carbocycles. The molecule has 0 aliphatic rings. The van der Waals surface area contributed by atoms with E-state index in [0.717, 1.165) is 6.42 Å². The summed E-state index contributed by atoms with van der Waals surface area (Å²) >= 11 is 5.78. The van der Waals surface area contributed by atoms with Crippen molar-refractivity contribution in [1.82, 2.24) is 5.32 Å². The highest BCUT2D eigenvalue weighted by Gasteiger charge is 2.16. The first-order chi connectivity index (χ1) is 8.45. The Morgan fingerprint density at radius 1 is 1.44 bits per heavy atom. The van der Waals surface area contributed by atoms with Crippen molar-refractivity contribution in [2.75, 3.05) is 0 Å². The lowest BCUT2D eigenvalue weighted by Crippen LogP contribution is -2.32. The van der Waals surface area contributed by atoms with Gasteiger partial charge in [-0.1, -0.05) is 32.4 Å². The van der Waals surface area contributed by atoms with Gasteiger partial charge < -0.3 is 5.32 Å². The quantitative estimate of drug-likeness (QED) is 0.632. The van der Waals surface area contributed by atoms with Gasteiger partial charge in [-0.2, -0.15) is 0 Å². The molecule has 4 nitrogen and oxygen atoms in total. The number of benzene rings is 1. The zero-order chi connectivity index (χ0) is 13.7. The van der Waals surface area contributed by atoms with Crippen molar-refractivity contribution in [3.05, 3.63) is 38.9 Å². The highest BCUT2D eigenvalue weighted by molar-refractivity contribution is 6.30. The third-order valence-electron chi connectivity index (χ3n) is 3.04. The molecule has 0 aliphatic carbocycles. The fraction of sp³-hybridized carbons (Fsp3) is 0.538. The lowest BCUT2D eigenvalue weighted by molar-refractivity contribution is -0.385. The number of hydrogen-bond acceptors (Lipinski definition) is 3. The summed E-state index contributed by atoms with van der Waals surface area (Å²) in [5.41, 5.74) is 0.747. The topological polar surface area (TPSA) is 55.2 Å². The molecule has 0 heterocycles. The van der Waals surface area contributed by atoms with Gasteiger partial charge in [0.05, 0.1) is 4.92 Å². The van der Waals surface area contributed by atoms with E-state index in [1.54, 1.807) is 12.1 Å². The van der Waals surface area contributed by atoms with Gasteiger partial charge in [0.25, 0.3) is 5.69 Å². The minimum Gasteiger partial charge on any atom is -0.309 e. The molecular weight excluding hydrogens is 252 g/mol. The van der Waals surface area contributed by atoms with E-state index in [-0.39, 0.29) is 10.6 Å². The van der Waals surface area contributed by atoms with E-state index in [9.17, 15) is 10.1 Å². The predicted molar refractivity (Wildman–Crippen MR) is 73.9 cm³/mol. The SMILES string of the molecule is CCC(NCc1ccc(Cl)cc1[N+](=O)[O-])C(C)C. The van der Waals surface area contributed by atoms with Gasteiger partial charge in [0.15, 0.2) is 0 Å². The lowest BCUT2D eigenvalue weighted by Gasteiger charge is -2.20. The number of nitrogens with one attached hydrogen (secondary N) is 1. The second kappa shape index (κ2) is 6.71. The van der Waals surface area contributed by atoms with Crippen LogP contribution in [0.5, 0.6) is 0 Å². The Kier molecular flexibility index (Phi) is 5.56. The number of halogens is 1. The van der Waals surface area contributed by atoms with E-state index in [1.165, 1.54) is 6.07 Å². The van der Waals surface area contributed by atoms with Gasteiger partial charge in [0, 0.05) is 29.2 Å². The van der Waals surface area contributed by atoms with Gasteiger partial charge in [-0.05, 0) is 24.5 Å². The van der Waals surface area contributed by atoms with Crippen molar-refractivity contribution in [1.29, 1.82) is 0 Å². The van der Waals surface area contributed by atoms with Crippen LogP contribution in [-0.2, 0) is 6.54 Å². The van der Waals surface area contributed by atoms with Gasteiger partial charge in [-0.25, -0.2) is 0 Å². The minimum absolute atomic E-state index is 0.0774. The minimum atomic E-state index is -0.390. The summed E-state index contributed by atoms with van der Waals surface area (Å²) in [7, 11) is 0. The summed E-state index contributed by atoms with van der Waals surface area (Å²) < 4.78 is 0. The van der Waals surface area contributed by atoms with E-state index >= 15 is 0 Å². The molecule has 0 amide bonds. The van der Waals surface area contributed by atoms with Crippen molar-refractivity contribution in [2.45, 2.75) is 39.8 Å². The third kappa shape index (κ3) is 3.96. The first-order valence-electron chi connectivity index (χ1n) is 6.11. The molecule has 1 aromatic carbocycles. The molecule has 0 aliphatic heterocycles. The van der Waals surface area contributed by atoms with Gasteiger partial charge in [-0.3, -0.25) is 10.1 Å². The Morgan fingerprint density at radius 2 is 2.11 bits per heavy atom. The molecule has 0 bridgehead atoms. The summed E-state index contributed by atoms with van der Waals surface area (Å²) in [4.78, 5) is 10.6. The Bertz CT molecular complexity index is 421. The molecule has 0 radical (unpaired) electrons. The molecule has 18 heavy (non-hydrogen) atoms. The lowest BCUT2D eigenvalue weighted by atomic mass is 10.0. The second-order valence-corrected chi connectivity index (χ2v) is 5.11. The molecule has 1 atom stereocenters. The van der Waals surface area contributed by atoms with Crippen LogP contribution in [0.15, 0.2) is 18.2 Å². The summed E-state index contributed by atoms with van der Waals surface area (Å²) in [5.74, 6) is 0.501. The largest absolute Gasteiger partial charge is 0.309 e. The van der Waals surface area contributed by atoms with Crippen LogP contribution in [0.1, 0.15) is 32.8 Å². The van der Waals surface area contributed by atoms with Crippen LogP contribution in [0.2, 0.25) is 5.02 Å². The summed E-state index contributed by atoms with van der Waals surface area (Å²) in [6.45, 7) is 6.87. The Labute approximate surface area is 112 Å². The van der Waals surface area contributed by atoms with Crippen molar-refractivity contribution < 1.29 is 4.92 Å². The van der Waals surface area contributed by atoms with E-state index in [4.69, 9.17) is 11.6 Å². The molecule has 1 unspecified atom stereocenters. The normalized spacial score (nSPS) is 12.7. The summed E-state index contributed by atoms with van der Waals surface area (Å²) in [5, 5.41) is 14.7. The molecule has 1 aromatic rings. The van der Waals surface area contributed by atoms with E-state index < -0.39 is 0 Å². The number of rotatable bonds is 6. The van der Waals surface area contributed by atoms with Crippen molar-refractivity contribution in [3.8, 4) is 0 Å². The molecule has 0 spiro atoms. The van der Waals surface area contributed by atoms with Gasteiger partial charge in [0.1, 0.15) is 0 Å². The Hall–Kier alpha value is -1.13. The highest BCUT2D eigenvalue weighted by atomic mass is 35.5. The first kappa shape index (κ1) is 14.9. The molecule has 100 valence electrons. The van der Waals surface area contributed by atoms with Crippen LogP contribution in [0.3, 0.4) is 0 Å². The molecule has 1 rings (SSSR count). The maximum Gasteiger partial charge on any atom is 0.275 e. The number of hydrogen-bond donors (Lipinski definition) is 1. The number of nitro groups is 1. The van der Waals surface area contributed by atoms with Crippen LogP contribution < -0.4 is 5.32 Å². The molecular formula is C13H19ClN2O2. The van der Waals surface area contributed by atoms with Crippen LogP contribution in [0, 0.1) is 16.0 Å². The average molecular weight is 271 g/mol. The molecule has 1 N–H and O–H groups in total. The average Bonchev–Trinajstić information content (AvgIpc) is 2.30. The standard InChI is InChI=1S/C13H19ClN2O2/c1-4-12(9(2)3)15-8-10-5-6-11(14)7-13(10)16(17)18/h5-7,9,12,15H,4,8H2,1-3H3. The van der Waals surface area contributed by atoms with Gasteiger partial charge in [-0.15, -0.1) is 0 Å². The smallest absolute Gasteiger partial charge is 0.275 e. The van der Waals surface area contributed by atoms with Crippen molar-refractivity contribution >= 4 is 17.3 Å². The van der Waals surface area contributed by atoms with Crippen molar-refractivity contribution in [2.24, 2.45) is 5.92 Å². The van der Waals surface area contributed by atoms with Crippen molar-refractivity contribution in [3.63, 3.8) is 0 Å². The maximum atomic E-state index is 10.9. The fourth-order valence-electron chi connectivity index (χ4n) is 1.95. The van der Waals surface area contributed by atoms with E-state index in [1.807, 2.05) is 0 Å². The summed E-state index contributed by atoms with van der Waals surface area (Å²) in [6.07, 6.45) is 0.999. The monoisotopic (exact) mass is 270 g/mol. The third-order valence-corrected chi connectivity index (χ3v) is 3.28. The van der Waals surface area contributed by atoms with Crippen LogP contribution in [-0.4, -0.2) is 11.0 Å². The second-order valence-electron chi connectivity index (χ2n) is 4.67. The van der Waals surface area contributed by atoms with Crippen LogP contribution in [0.25, 0.3) is 0 Å². The molecule has 5 heteroatoms. The molecule has 0 aromatic heterocycles. The predicted octanol–water partition coefficient (Wildman–Crippen LogP) is 3.77. The zero-order valence-corrected chi connectivity index (χ0v) is 11.7. The fourth-order valence-corrected chi connectivity index (χ4v) is 2.12. The van der Waals surface area contributed by atoms with Gasteiger partial charge >= 0.3 is 0 Å². The Balaban J connectivity index is 2.81. The molecule has 0 fully saturated rings. The number of nitrogens with zero attached hydrogens (tertiary/aromatic N) is 1. The van der Waals surface area contributed by atoms with Gasteiger partial charge in [0.2, 0.25) is 0 Å².